The summed E-state index contributed by atoms with van der Waals surface area (Å²) in [4.78, 5) is 0. The lowest BCUT2D eigenvalue weighted by molar-refractivity contribution is 0.237. The molecule has 0 aliphatic rings. The van der Waals surface area contributed by atoms with Gasteiger partial charge in [0.25, 0.3) is 0 Å². The zero-order valence-corrected chi connectivity index (χ0v) is 13.7. The molecule has 1 heteroatoms. The fraction of sp³-hybridized carbons (Fsp3) is 0.889. The highest BCUT2D eigenvalue weighted by atomic mass is 16.5. The molecule has 0 saturated heterocycles. The molecule has 0 radical (unpaired) electrons. The average molecular weight is 268 g/mol. The van der Waals surface area contributed by atoms with Crippen LogP contribution in [0.4, 0.5) is 0 Å². The van der Waals surface area contributed by atoms with Gasteiger partial charge >= 0.3 is 0 Å². The molecular formula is C18H36O. The van der Waals surface area contributed by atoms with E-state index in [1.807, 2.05) is 6.26 Å². The van der Waals surface area contributed by atoms with E-state index in [0.717, 1.165) is 6.61 Å². The van der Waals surface area contributed by atoms with Crippen LogP contribution in [0.15, 0.2) is 11.8 Å². The number of ether oxygens (including phenoxy) is 1. The second-order valence-electron chi connectivity index (χ2n) is 5.77. The van der Waals surface area contributed by atoms with Crippen LogP contribution in [0, 0.1) is 0 Å². The summed E-state index contributed by atoms with van der Waals surface area (Å²) in [7, 11) is 0. The van der Waals surface area contributed by atoms with Gasteiger partial charge in [-0.3, -0.25) is 0 Å². The summed E-state index contributed by atoms with van der Waals surface area (Å²) < 4.78 is 5.59. The lowest BCUT2D eigenvalue weighted by atomic mass is 10.1. The summed E-state index contributed by atoms with van der Waals surface area (Å²) in [5.41, 5.74) is 1.41. The molecular weight excluding hydrogens is 232 g/mol. The van der Waals surface area contributed by atoms with Crippen LogP contribution in [-0.4, -0.2) is 6.61 Å². The van der Waals surface area contributed by atoms with Crippen molar-refractivity contribution >= 4 is 0 Å². The van der Waals surface area contributed by atoms with E-state index >= 15 is 0 Å². The highest BCUT2D eigenvalue weighted by Crippen LogP contribution is 2.12. The minimum absolute atomic E-state index is 0.897. The fourth-order valence-corrected chi connectivity index (χ4v) is 2.23. The van der Waals surface area contributed by atoms with Gasteiger partial charge in [0.05, 0.1) is 12.9 Å². The van der Waals surface area contributed by atoms with Crippen LogP contribution in [-0.2, 0) is 4.74 Å². The molecule has 0 heterocycles. The first-order valence-electron chi connectivity index (χ1n) is 8.58. The van der Waals surface area contributed by atoms with Crippen LogP contribution in [0.3, 0.4) is 0 Å². The Balaban J connectivity index is 3.25. The van der Waals surface area contributed by atoms with Crippen molar-refractivity contribution in [1.29, 1.82) is 0 Å². The van der Waals surface area contributed by atoms with Crippen molar-refractivity contribution in [3.8, 4) is 0 Å². The maximum absolute atomic E-state index is 5.59. The van der Waals surface area contributed by atoms with E-state index in [2.05, 4.69) is 20.8 Å². The molecule has 1 nitrogen and oxygen atoms in total. The molecule has 0 aliphatic carbocycles. The van der Waals surface area contributed by atoms with Crippen molar-refractivity contribution in [2.75, 3.05) is 6.61 Å². The normalized spacial score (nSPS) is 11.8. The van der Waals surface area contributed by atoms with Crippen LogP contribution in [0.25, 0.3) is 0 Å². The highest BCUT2D eigenvalue weighted by molar-refractivity contribution is 4.92. The largest absolute Gasteiger partial charge is 0.501 e. The maximum Gasteiger partial charge on any atom is 0.0873 e. The van der Waals surface area contributed by atoms with Crippen molar-refractivity contribution in [3.05, 3.63) is 11.8 Å². The molecule has 0 aromatic heterocycles. The molecule has 0 fully saturated rings. The SMILES string of the molecule is CCCCCCCCC/C(C)=C\OCCCCCC. The lowest BCUT2D eigenvalue weighted by Crippen LogP contribution is -1.89. The van der Waals surface area contributed by atoms with Crippen molar-refractivity contribution in [3.63, 3.8) is 0 Å². The molecule has 0 saturated carbocycles. The third kappa shape index (κ3) is 15.5. The number of hydrogen-bond acceptors (Lipinski definition) is 1. The predicted octanol–water partition coefficient (Wildman–Crippen LogP) is 6.63. The van der Waals surface area contributed by atoms with Gasteiger partial charge < -0.3 is 4.74 Å². The second-order valence-corrected chi connectivity index (χ2v) is 5.77. The van der Waals surface area contributed by atoms with E-state index in [1.54, 1.807) is 0 Å². The first kappa shape index (κ1) is 18.5. The van der Waals surface area contributed by atoms with Crippen LogP contribution in [0.1, 0.15) is 97.8 Å². The summed E-state index contributed by atoms with van der Waals surface area (Å²) in [5, 5.41) is 0. The third-order valence-electron chi connectivity index (χ3n) is 3.57. The number of hydrogen-bond donors (Lipinski definition) is 0. The minimum Gasteiger partial charge on any atom is -0.501 e. The molecule has 0 N–H and O–H groups in total. The molecule has 0 rings (SSSR count). The summed E-state index contributed by atoms with van der Waals surface area (Å²) in [6.45, 7) is 7.61. The monoisotopic (exact) mass is 268 g/mol. The average Bonchev–Trinajstić information content (AvgIpc) is 2.41. The Bertz CT molecular complexity index is 196. The van der Waals surface area contributed by atoms with Gasteiger partial charge in [0, 0.05) is 0 Å². The van der Waals surface area contributed by atoms with Crippen molar-refractivity contribution in [2.45, 2.75) is 97.8 Å². The zero-order chi connectivity index (χ0) is 14.2. The third-order valence-corrected chi connectivity index (χ3v) is 3.57. The first-order valence-corrected chi connectivity index (χ1v) is 8.58. The van der Waals surface area contributed by atoms with E-state index in [0.29, 0.717) is 0 Å². The minimum atomic E-state index is 0.897. The van der Waals surface area contributed by atoms with Gasteiger partial charge in [-0.25, -0.2) is 0 Å². The Morgan fingerprint density at radius 2 is 1.26 bits per heavy atom. The van der Waals surface area contributed by atoms with E-state index in [-0.39, 0.29) is 0 Å². The molecule has 0 aliphatic heterocycles. The lowest BCUT2D eigenvalue weighted by Gasteiger charge is -2.04. The van der Waals surface area contributed by atoms with Crippen LogP contribution in [0.2, 0.25) is 0 Å². The Labute approximate surface area is 121 Å². The Morgan fingerprint density at radius 1 is 0.737 bits per heavy atom. The van der Waals surface area contributed by atoms with Gasteiger partial charge in [-0.1, -0.05) is 71.6 Å². The summed E-state index contributed by atoms with van der Waals surface area (Å²) in [6.07, 6.45) is 18.1. The van der Waals surface area contributed by atoms with Gasteiger partial charge in [-0.15, -0.1) is 0 Å². The van der Waals surface area contributed by atoms with Crippen molar-refractivity contribution in [2.24, 2.45) is 0 Å². The van der Waals surface area contributed by atoms with Crippen LogP contribution in [0.5, 0.6) is 0 Å². The summed E-state index contributed by atoms with van der Waals surface area (Å²) >= 11 is 0. The maximum atomic E-state index is 5.59. The molecule has 0 spiro atoms. The Morgan fingerprint density at radius 3 is 1.89 bits per heavy atom. The molecule has 0 bridgehead atoms. The molecule has 0 amide bonds. The van der Waals surface area contributed by atoms with Gasteiger partial charge in [0.15, 0.2) is 0 Å². The zero-order valence-electron chi connectivity index (χ0n) is 13.7. The standard InChI is InChI=1S/C18H36O/c1-4-6-8-10-11-12-13-15-18(3)17-19-16-14-9-7-5-2/h17H,4-16H2,1-3H3/b18-17-. The summed E-state index contributed by atoms with van der Waals surface area (Å²) in [6, 6.07) is 0. The fourth-order valence-electron chi connectivity index (χ4n) is 2.23. The van der Waals surface area contributed by atoms with E-state index in [1.165, 1.54) is 82.6 Å². The van der Waals surface area contributed by atoms with E-state index in [4.69, 9.17) is 4.74 Å². The van der Waals surface area contributed by atoms with Gasteiger partial charge in [-0.05, 0) is 31.8 Å². The van der Waals surface area contributed by atoms with Crippen molar-refractivity contribution < 1.29 is 4.74 Å². The van der Waals surface area contributed by atoms with Gasteiger partial charge in [0.1, 0.15) is 0 Å². The van der Waals surface area contributed by atoms with Gasteiger partial charge in [-0.2, -0.15) is 0 Å². The molecule has 0 unspecified atom stereocenters. The number of rotatable bonds is 14. The number of unbranched alkanes of at least 4 members (excludes halogenated alkanes) is 9. The molecule has 0 atom stereocenters. The molecule has 19 heavy (non-hydrogen) atoms. The summed E-state index contributed by atoms with van der Waals surface area (Å²) in [5.74, 6) is 0. The Hall–Kier alpha value is -0.460. The topological polar surface area (TPSA) is 9.23 Å². The smallest absolute Gasteiger partial charge is 0.0873 e. The predicted molar refractivity (Wildman–Crippen MR) is 86.5 cm³/mol. The van der Waals surface area contributed by atoms with Crippen LogP contribution < -0.4 is 0 Å². The van der Waals surface area contributed by atoms with E-state index in [9.17, 15) is 0 Å². The first-order chi connectivity index (χ1) is 9.31. The number of allylic oxidation sites excluding steroid dienone is 1. The van der Waals surface area contributed by atoms with Gasteiger partial charge in [0.2, 0.25) is 0 Å². The van der Waals surface area contributed by atoms with Crippen LogP contribution >= 0.6 is 0 Å². The molecule has 0 aromatic carbocycles. The van der Waals surface area contributed by atoms with Crippen molar-refractivity contribution in [1.82, 2.24) is 0 Å². The quantitative estimate of drug-likeness (QED) is 0.254. The highest BCUT2D eigenvalue weighted by Gasteiger charge is 1.94. The van der Waals surface area contributed by atoms with E-state index < -0.39 is 0 Å². The molecule has 114 valence electrons. The Kier molecular flexibility index (Phi) is 15.2. The molecule has 0 aromatic rings. The second kappa shape index (κ2) is 15.6.